The largest absolute Gasteiger partial charge is 0.497 e. The summed E-state index contributed by atoms with van der Waals surface area (Å²) >= 11 is 0. The van der Waals surface area contributed by atoms with Crippen molar-refractivity contribution in [2.75, 3.05) is 13.7 Å². The van der Waals surface area contributed by atoms with Gasteiger partial charge in [-0.05, 0) is 61.7 Å². The molecule has 1 amide bonds. The van der Waals surface area contributed by atoms with Gasteiger partial charge in [0.1, 0.15) is 11.4 Å². The number of piperidine rings is 1. The van der Waals surface area contributed by atoms with Gasteiger partial charge in [-0.1, -0.05) is 6.07 Å². The van der Waals surface area contributed by atoms with Crippen molar-refractivity contribution in [1.29, 1.82) is 0 Å². The first-order valence-electron chi connectivity index (χ1n) is 9.18. The van der Waals surface area contributed by atoms with Crippen LogP contribution in [0.25, 0.3) is 11.3 Å². The summed E-state index contributed by atoms with van der Waals surface area (Å²) in [6, 6.07) is 15.3. The number of H-pyrrole nitrogens is 1. The second kappa shape index (κ2) is 7.61. The molecule has 0 aliphatic carbocycles. The van der Waals surface area contributed by atoms with Crippen molar-refractivity contribution in [3.63, 3.8) is 0 Å². The number of ether oxygens (including phenoxy) is 1. The van der Waals surface area contributed by atoms with Crippen molar-refractivity contribution in [3.05, 3.63) is 66.1 Å². The molecule has 1 fully saturated rings. The molecular formula is C21H22N4O2. The maximum atomic E-state index is 13.1. The number of hydrogen-bond acceptors (Lipinski definition) is 4. The van der Waals surface area contributed by atoms with Gasteiger partial charge in [-0.3, -0.25) is 14.9 Å². The number of nitrogens with one attached hydrogen (secondary N) is 1. The highest BCUT2D eigenvalue weighted by Gasteiger charge is 2.30. The fourth-order valence-corrected chi connectivity index (χ4v) is 3.55. The Labute approximate surface area is 158 Å². The van der Waals surface area contributed by atoms with Crippen molar-refractivity contribution in [2.45, 2.75) is 25.3 Å². The minimum Gasteiger partial charge on any atom is -0.497 e. The molecule has 1 N–H and O–H groups in total. The standard InChI is InChI=1S/C21H22N4O2/c1-27-16-10-8-15(9-11-16)18-14-19(24-23-18)21(26)25-13-5-3-7-20(25)17-6-2-4-12-22-17/h2,4,6,8-12,14,20H,3,5,7,13H2,1H3,(H,23,24). The Morgan fingerprint density at radius 1 is 1.19 bits per heavy atom. The summed E-state index contributed by atoms with van der Waals surface area (Å²) in [6.07, 6.45) is 4.83. The molecule has 4 rings (SSSR count). The third-order valence-corrected chi connectivity index (χ3v) is 4.99. The fourth-order valence-electron chi connectivity index (χ4n) is 3.55. The van der Waals surface area contributed by atoms with Gasteiger partial charge < -0.3 is 9.64 Å². The van der Waals surface area contributed by atoms with Gasteiger partial charge in [-0.25, -0.2) is 0 Å². The monoisotopic (exact) mass is 362 g/mol. The van der Waals surface area contributed by atoms with Crippen molar-refractivity contribution in [1.82, 2.24) is 20.1 Å². The molecule has 1 saturated heterocycles. The van der Waals surface area contributed by atoms with E-state index in [1.54, 1.807) is 13.3 Å². The highest BCUT2D eigenvalue weighted by molar-refractivity contribution is 5.93. The van der Waals surface area contributed by atoms with E-state index in [1.807, 2.05) is 53.4 Å². The van der Waals surface area contributed by atoms with E-state index in [9.17, 15) is 4.79 Å². The molecule has 6 nitrogen and oxygen atoms in total. The minimum absolute atomic E-state index is 0.0141. The molecule has 0 radical (unpaired) electrons. The maximum absolute atomic E-state index is 13.1. The van der Waals surface area contributed by atoms with Crippen LogP contribution in [0.4, 0.5) is 0 Å². The van der Waals surface area contributed by atoms with E-state index >= 15 is 0 Å². The smallest absolute Gasteiger partial charge is 0.272 e. The van der Waals surface area contributed by atoms with E-state index in [4.69, 9.17) is 4.74 Å². The quantitative estimate of drug-likeness (QED) is 0.765. The van der Waals surface area contributed by atoms with Crippen LogP contribution in [0.2, 0.25) is 0 Å². The van der Waals surface area contributed by atoms with E-state index in [0.717, 1.165) is 48.5 Å². The van der Waals surface area contributed by atoms with Crippen molar-refractivity contribution < 1.29 is 9.53 Å². The Kier molecular flexibility index (Phi) is 4.87. The highest BCUT2D eigenvalue weighted by Crippen LogP contribution is 2.31. The second-order valence-electron chi connectivity index (χ2n) is 6.66. The van der Waals surface area contributed by atoms with Gasteiger partial charge in [-0.2, -0.15) is 5.10 Å². The van der Waals surface area contributed by atoms with Crippen LogP contribution >= 0.6 is 0 Å². The van der Waals surface area contributed by atoms with Crippen LogP contribution in [0, 0.1) is 0 Å². The molecule has 3 aromatic rings. The summed E-state index contributed by atoms with van der Waals surface area (Å²) in [5, 5.41) is 7.24. The van der Waals surface area contributed by atoms with Gasteiger partial charge >= 0.3 is 0 Å². The summed E-state index contributed by atoms with van der Waals surface area (Å²) in [7, 11) is 1.64. The number of methoxy groups -OCH3 is 1. The Balaban J connectivity index is 1.57. The van der Waals surface area contributed by atoms with Crippen LogP contribution in [0.3, 0.4) is 0 Å². The lowest BCUT2D eigenvalue weighted by molar-refractivity contribution is 0.0600. The average Bonchev–Trinajstić information content (AvgIpc) is 3.24. The molecule has 1 aliphatic heterocycles. The van der Waals surface area contributed by atoms with E-state index in [1.165, 1.54) is 0 Å². The Bertz CT molecular complexity index is 905. The molecule has 138 valence electrons. The van der Waals surface area contributed by atoms with Crippen LogP contribution in [0.15, 0.2) is 54.7 Å². The summed E-state index contributed by atoms with van der Waals surface area (Å²) in [5.41, 5.74) is 3.13. The number of aromatic amines is 1. The lowest BCUT2D eigenvalue weighted by atomic mass is 9.98. The summed E-state index contributed by atoms with van der Waals surface area (Å²) < 4.78 is 5.19. The topological polar surface area (TPSA) is 71.1 Å². The van der Waals surface area contributed by atoms with Crippen LogP contribution in [0.5, 0.6) is 5.75 Å². The zero-order valence-corrected chi connectivity index (χ0v) is 15.3. The van der Waals surface area contributed by atoms with Gasteiger partial charge in [0.25, 0.3) is 5.91 Å². The third-order valence-electron chi connectivity index (χ3n) is 4.99. The number of pyridine rings is 1. The SMILES string of the molecule is COc1ccc(-c2cc(C(=O)N3CCCCC3c3ccccn3)[nH]n2)cc1. The highest BCUT2D eigenvalue weighted by atomic mass is 16.5. The number of benzene rings is 1. The molecule has 1 aliphatic rings. The summed E-state index contributed by atoms with van der Waals surface area (Å²) in [6.45, 7) is 0.733. The third kappa shape index (κ3) is 3.56. The van der Waals surface area contributed by atoms with Crippen LogP contribution < -0.4 is 4.74 Å². The number of amides is 1. The van der Waals surface area contributed by atoms with Crippen molar-refractivity contribution in [3.8, 4) is 17.0 Å². The van der Waals surface area contributed by atoms with E-state index in [-0.39, 0.29) is 11.9 Å². The van der Waals surface area contributed by atoms with Gasteiger partial charge in [0, 0.05) is 18.3 Å². The summed E-state index contributed by atoms with van der Waals surface area (Å²) in [5.74, 6) is 0.759. The first kappa shape index (κ1) is 17.3. The minimum atomic E-state index is -0.0300. The second-order valence-corrected chi connectivity index (χ2v) is 6.66. The van der Waals surface area contributed by atoms with Gasteiger partial charge in [0.2, 0.25) is 0 Å². The lowest BCUT2D eigenvalue weighted by Gasteiger charge is -2.35. The Morgan fingerprint density at radius 2 is 2.04 bits per heavy atom. The molecule has 27 heavy (non-hydrogen) atoms. The maximum Gasteiger partial charge on any atom is 0.272 e. The number of rotatable bonds is 4. The van der Waals surface area contributed by atoms with Crippen LogP contribution in [0.1, 0.15) is 41.5 Å². The van der Waals surface area contributed by atoms with Crippen LogP contribution in [-0.2, 0) is 0 Å². The predicted molar refractivity (Wildman–Crippen MR) is 102 cm³/mol. The molecular weight excluding hydrogens is 340 g/mol. The van der Waals surface area contributed by atoms with Crippen molar-refractivity contribution in [2.24, 2.45) is 0 Å². The molecule has 1 atom stereocenters. The molecule has 0 spiro atoms. The molecule has 0 bridgehead atoms. The number of likely N-dealkylation sites (tertiary alicyclic amines) is 1. The summed E-state index contributed by atoms with van der Waals surface area (Å²) in [4.78, 5) is 19.5. The Hall–Kier alpha value is -3.15. The predicted octanol–water partition coefficient (Wildman–Crippen LogP) is 3.85. The molecule has 3 heterocycles. The van der Waals surface area contributed by atoms with E-state index in [2.05, 4.69) is 15.2 Å². The first-order valence-corrected chi connectivity index (χ1v) is 9.18. The number of aromatic nitrogens is 3. The van der Waals surface area contributed by atoms with Gasteiger partial charge in [0.15, 0.2) is 0 Å². The zero-order chi connectivity index (χ0) is 18.6. The number of nitrogens with zero attached hydrogens (tertiary/aromatic N) is 3. The molecule has 0 saturated carbocycles. The van der Waals surface area contributed by atoms with Crippen LogP contribution in [-0.4, -0.2) is 39.6 Å². The number of carbonyl (C=O) groups is 1. The molecule has 2 aromatic heterocycles. The average molecular weight is 362 g/mol. The Morgan fingerprint density at radius 3 is 2.78 bits per heavy atom. The first-order chi connectivity index (χ1) is 13.3. The van der Waals surface area contributed by atoms with Crippen molar-refractivity contribution >= 4 is 5.91 Å². The van der Waals surface area contributed by atoms with Gasteiger partial charge in [0.05, 0.1) is 24.5 Å². The molecule has 6 heteroatoms. The fraction of sp³-hybridized carbons (Fsp3) is 0.286. The molecule has 1 unspecified atom stereocenters. The number of hydrogen-bond donors (Lipinski definition) is 1. The number of carbonyl (C=O) groups excluding carboxylic acids is 1. The van der Waals surface area contributed by atoms with E-state index in [0.29, 0.717) is 5.69 Å². The lowest BCUT2D eigenvalue weighted by Crippen LogP contribution is -2.39. The molecule has 1 aromatic carbocycles. The normalized spacial score (nSPS) is 16.9. The zero-order valence-electron chi connectivity index (χ0n) is 15.3. The van der Waals surface area contributed by atoms with E-state index < -0.39 is 0 Å². The van der Waals surface area contributed by atoms with Gasteiger partial charge in [-0.15, -0.1) is 0 Å².